The smallest absolute Gasteiger partial charge is 0.119 e. The number of methoxy groups -OCH3 is 1. The zero-order valence-electron chi connectivity index (χ0n) is 13.7. The van der Waals surface area contributed by atoms with Gasteiger partial charge in [0.05, 0.1) is 25.1 Å². The molecule has 0 atom stereocenters. The Balaban J connectivity index is 1.82. The Bertz CT molecular complexity index is 592. The molecular weight excluding hydrogens is 288 g/mol. The van der Waals surface area contributed by atoms with Crippen LogP contribution in [0.25, 0.3) is 0 Å². The van der Waals surface area contributed by atoms with Crippen molar-refractivity contribution in [3.63, 3.8) is 0 Å². The Hall–Kier alpha value is -2.36. The van der Waals surface area contributed by atoms with Gasteiger partial charge in [-0.15, -0.1) is 0 Å². The monoisotopic (exact) mass is 311 g/mol. The molecule has 23 heavy (non-hydrogen) atoms. The molecule has 4 heteroatoms. The molecule has 0 spiro atoms. The molecule has 2 aromatic rings. The molecule has 121 valence electrons. The lowest BCUT2D eigenvalue weighted by Gasteiger charge is -2.05. The van der Waals surface area contributed by atoms with Gasteiger partial charge in [0, 0.05) is 0 Å². The Morgan fingerprint density at radius 1 is 0.870 bits per heavy atom. The van der Waals surface area contributed by atoms with Gasteiger partial charge in [0.2, 0.25) is 0 Å². The minimum absolute atomic E-state index is 0.739. The molecule has 0 aliphatic carbocycles. The van der Waals surface area contributed by atoms with E-state index >= 15 is 0 Å². The fraction of sp³-hybridized carbons (Fsp3) is 0.316. The zero-order valence-corrected chi connectivity index (χ0v) is 13.7. The third-order valence-corrected chi connectivity index (χ3v) is 3.30. The highest BCUT2D eigenvalue weighted by Crippen LogP contribution is 2.23. The van der Waals surface area contributed by atoms with E-state index in [0.717, 1.165) is 48.7 Å². The minimum Gasteiger partial charge on any atom is -0.497 e. The minimum atomic E-state index is 0.739. The van der Waals surface area contributed by atoms with Gasteiger partial charge < -0.3 is 9.47 Å². The van der Waals surface area contributed by atoms with Gasteiger partial charge >= 0.3 is 0 Å². The van der Waals surface area contributed by atoms with Crippen molar-refractivity contribution in [1.82, 2.24) is 0 Å². The summed E-state index contributed by atoms with van der Waals surface area (Å²) in [6.45, 7) is 2.89. The Labute approximate surface area is 138 Å². The van der Waals surface area contributed by atoms with Gasteiger partial charge in [-0.25, -0.2) is 0 Å². The molecule has 0 aromatic heterocycles. The van der Waals surface area contributed by atoms with E-state index in [1.165, 1.54) is 0 Å². The number of unbranched alkanes of at least 4 members (excludes halogenated alkanes) is 3. The second-order valence-electron chi connectivity index (χ2n) is 5.08. The first-order valence-electron chi connectivity index (χ1n) is 7.92. The van der Waals surface area contributed by atoms with Crippen molar-refractivity contribution in [3.05, 3.63) is 55.0 Å². The van der Waals surface area contributed by atoms with E-state index in [1.54, 1.807) is 7.11 Å². The van der Waals surface area contributed by atoms with Crippen molar-refractivity contribution in [1.29, 1.82) is 0 Å². The molecule has 0 heterocycles. The van der Waals surface area contributed by atoms with Crippen LogP contribution in [0.1, 0.15) is 26.2 Å². The topological polar surface area (TPSA) is 43.2 Å². The highest BCUT2D eigenvalue weighted by atomic mass is 16.5. The number of benzene rings is 2. The lowest BCUT2D eigenvalue weighted by molar-refractivity contribution is 0.310. The number of ether oxygens (including phenoxy) is 2. The van der Waals surface area contributed by atoms with Gasteiger partial charge in [-0.3, -0.25) is 0 Å². The van der Waals surface area contributed by atoms with Crippen molar-refractivity contribution in [3.8, 4) is 11.5 Å². The molecule has 0 aliphatic rings. The SMILES string of the molecule is CC[CH]CCCOc1ccc(N=Nc2ccc(OC)cc2)cc1. The summed E-state index contributed by atoms with van der Waals surface area (Å²) in [5.74, 6) is 1.67. The Morgan fingerprint density at radius 2 is 1.43 bits per heavy atom. The van der Waals surface area contributed by atoms with Gasteiger partial charge in [-0.05, 0) is 67.8 Å². The first kappa shape index (κ1) is 17.0. The van der Waals surface area contributed by atoms with Gasteiger partial charge in [0.25, 0.3) is 0 Å². The number of nitrogens with zero attached hydrogens (tertiary/aromatic N) is 2. The van der Waals surface area contributed by atoms with E-state index in [-0.39, 0.29) is 0 Å². The van der Waals surface area contributed by atoms with Gasteiger partial charge in [0.15, 0.2) is 0 Å². The van der Waals surface area contributed by atoms with E-state index in [0.29, 0.717) is 0 Å². The second-order valence-corrected chi connectivity index (χ2v) is 5.08. The summed E-state index contributed by atoms with van der Waals surface area (Å²) in [6, 6.07) is 15.1. The van der Waals surface area contributed by atoms with Crippen LogP contribution < -0.4 is 9.47 Å². The maximum Gasteiger partial charge on any atom is 0.119 e. The Morgan fingerprint density at radius 3 is 1.96 bits per heavy atom. The molecular formula is C19H23N2O2. The van der Waals surface area contributed by atoms with E-state index in [1.807, 2.05) is 48.5 Å². The first-order valence-corrected chi connectivity index (χ1v) is 7.92. The number of hydrogen-bond donors (Lipinski definition) is 0. The number of azo groups is 1. The molecule has 0 saturated heterocycles. The van der Waals surface area contributed by atoms with Gasteiger partial charge in [0.1, 0.15) is 11.5 Å². The summed E-state index contributed by atoms with van der Waals surface area (Å²) >= 11 is 0. The van der Waals surface area contributed by atoms with Crippen molar-refractivity contribution in [2.45, 2.75) is 26.2 Å². The third-order valence-electron chi connectivity index (χ3n) is 3.30. The van der Waals surface area contributed by atoms with Crippen molar-refractivity contribution in [2.24, 2.45) is 10.2 Å². The lowest BCUT2D eigenvalue weighted by Crippen LogP contribution is -1.96. The van der Waals surface area contributed by atoms with Crippen LogP contribution in [0.15, 0.2) is 58.8 Å². The molecule has 0 unspecified atom stereocenters. The highest BCUT2D eigenvalue weighted by Gasteiger charge is 1.96. The van der Waals surface area contributed by atoms with Crippen LogP contribution >= 0.6 is 0 Å². The summed E-state index contributed by atoms with van der Waals surface area (Å²) < 4.78 is 10.8. The summed E-state index contributed by atoms with van der Waals surface area (Å²) in [5, 5.41) is 8.42. The Kier molecular flexibility index (Phi) is 7.11. The number of hydrogen-bond acceptors (Lipinski definition) is 4. The molecule has 2 aromatic carbocycles. The summed E-state index contributed by atoms with van der Waals surface area (Å²) in [6.07, 6.45) is 5.54. The summed E-state index contributed by atoms with van der Waals surface area (Å²) in [4.78, 5) is 0. The van der Waals surface area contributed by atoms with Crippen LogP contribution in [0.2, 0.25) is 0 Å². The quantitative estimate of drug-likeness (QED) is 0.428. The number of rotatable bonds is 9. The van der Waals surface area contributed by atoms with Crippen LogP contribution in [0.3, 0.4) is 0 Å². The molecule has 0 saturated carbocycles. The molecule has 2 rings (SSSR count). The summed E-state index contributed by atoms with van der Waals surface area (Å²) in [5.41, 5.74) is 1.59. The predicted molar refractivity (Wildman–Crippen MR) is 92.9 cm³/mol. The summed E-state index contributed by atoms with van der Waals surface area (Å²) in [7, 11) is 1.64. The van der Waals surface area contributed by atoms with Crippen LogP contribution in [-0.2, 0) is 0 Å². The molecule has 0 bridgehead atoms. The van der Waals surface area contributed by atoms with Gasteiger partial charge in [-0.2, -0.15) is 10.2 Å². The van der Waals surface area contributed by atoms with Crippen LogP contribution in [0, 0.1) is 6.42 Å². The van der Waals surface area contributed by atoms with E-state index in [4.69, 9.17) is 9.47 Å². The molecule has 1 radical (unpaired) electrons. The normalized spacial score (nSPS) is 10.9. The predicted octanol–water partition coefficient (Wildman–Crippen LogP) is 5.88. The third kappa shape index (κ3) is 6.10. The van der Waals surface area contributed by atoms with E-state index in [9.17, 15) is 0 Å². The molecule has 0 N–H and O–H groups in total. The average Bonchev–Trinajstić information content (AvgIpc) is 2.61. The fourth-order valence-corrected chi connectivity index (χ4v) is 2.00. The van der Waals surface area contributed by atoms with Crippen molar-refractivity contribution < 1.29 is 9.47 Å². The molecule has 0 amide bonds. The standard InChI is InChI=1S/C19H23N2O2/c1-3-4-5-6-15-23-19-13-9-17(10-14-19)21-20-16-7-11-18(22-2)12-8-16/h4,7-14H,3,5-6,15H2,1-2H3. The lowest BCUT2D eigenvalue weighted by atomic mass is 10.2. The first-order chi connectivity index (χ1) is 11.3. The maximum atomic E-state index is 5.69. The molecule has 4 nitrogen and oxygen atoms in total. The average molecular weight is 311 g/mol. The highest BCUT2D eigenvalue weighted by molar-refractivity contribution is 5.44. The van der Waals surface area contributed by atoms with Gasteiger partial charge in [-0.1, -0.05) is 13.3 Å². The van der Waals surface area contributed by atoms with Crippen molar-refractivity contribution in [2.75, 3.05) is 13.7 Å². The largest absolute Gasteiger partial charge is 0.497 e. The zero-order chi connectivity index (χ0) is 16.3. The van der Waals surface area contributed by atoms with E-state index in [2.05, 4.69) is 23.6 Å². The van der Waals surface area contributed by atoms with Crippen molar-refractivity contribution >= 4 is 11.4 Å². The maximum absolute atomic E-state index is 5.69. The van der Waals surface area contributed by atoms with Crippen LogP contribution in [0.4, 0.5) is 11.4 Å². The second kappa shape index (κ2) is 9.62. The fourth-order valence-electron chi connectivity index (χ4n) is 2.00. The van der Waals surface area contributed by atoms with E-state index < -0.39 is 0 Å². The molecule has 0 fully saturated rings. The molecule has 0 aliphatic heterocycles. The van der Waals surface area contributed by atoms with Crippen LogP contribution in [0.5, 0.6) is 11.5 Å². The van der Waals surface area contributed by atoms with Crippen LogP contribution in [-0.4, -0.2) is 13.7 Å².